The summed E-state index contributed by atoms with van der Waals surface area (Å²) in [6.07, 6.45) is 4.37. The standard InChI is InChI=1S/C13H24ClN3O/c1-4-11-13(14)12(17(2)16-11)10-15-8-6-5-7-9-18-3/h15H,4-10H2,1-3H3. The van der Waals surface area contributed by atoms with Crippen LogP contribution in [0.1, 0.15) is 37.6 Å². The highest BCUT2D eigenvalue weighted by atomic mass is 35.5. The van der Waals surface area contributed by atoms with Crippen molar-refractivity contribution in [2.45, 2.75) is 39.2 Å². The molecule has 1 aromatic rings. The molecular weight excluding hydrogens is 250 g/mol. The normalized spacial score (nSPS) is 11.1. The highest BCUT2D eigenvalue weighted by Crippen LogP contribution is 2.20. The first kappa shape index (κ1) is 15.5. The molecule has 5 heteroatoms. The minimum atomic E-state index is 0.784. The van der Waals surface area contributed by atoms with Gasteiger partial charge >= 0.3 is 0 Å². The summed E-state index contributed by atoms with van der Waals surface area (Å²) in [6.45, 7) is 4.72. The minimum absolute atomic E-state index is 0.784. The molecule has 0 spiro atoms. The summed E-state index contributed by atoms with van der Waals surface area (Å²) in [6, 6.07) is 0. The molecule has 0 radical (unpaired) electrons. The molecule has 1 N–H and O–H groups in total. The van der Waals surface area contributed by atoms with Crippen LogP contribution in [-0.4, -0.2) is 30.0 Å². The highest BCUT2D eigenvalue weighted by molar-refractivity contribution is 6.31. The molecule has 0 aromatic carbocycles. The maximum absolute atomic E-state index is 6.27. The van der Waals surface area contributed by atoms with Crippen LogP contribution in [0.25, 0.3) is 0 Å². The second-order valence-electron chi connectivity index (χ2n) is 4.41. The summed E-state index contributed by atoms with van der Waals surface area (Å²) in [5, 5.41) is 8.62. The van der Waals surface area contributed by atoms with Crippen molar-refractivity contribution in [2.24, 2.45) is 7.05 Å². The Balaban J connectivity index is 2.25. The summed E-state index contributed by atoms with van der Waals surface area (Å²) in [7, 11) is 3.69. The van der Waals surface area contributed by atoms with Crippen LogP contribution >= 0.6 is 11.6 Å². The molecule has 0 aliphatic rings. The van der Waals surface area contributed by atoms with Crippen molar-refractivity contribution in [3.05, 3.63) is 16.4 Å². The van der Waals surface area contributed by atoms with Gasteiger partial charge in [-0.05, 0) is 32.2 Å². The number of unbranched alkanes of at least 4 members (excludes halogenated alkanes) is 2. The smallest absolute Gasteiger partial charge is 0.0863 e. The minimum Gasteiger partial charge on any atom is -0.385 e. The Labute approximate surface area is 115 Å². The van der Waals surface area contributed by atoms with E-state index in [0.717, 1.165) is 48.9 Å². The Morgan fingerprint density at radius 1 is 1.33 bits per heavy atom. The van der Waals surface area contributed by atoms with Gasteiger partial charge in [-0.25, -0.2) is 0 Å². The lowest BCUT2D eigenvalue weighted by atomic mass is 10.2. The number of ether oxygens (including phenoxy) is 1. The van der Waals surface area contributed by atoms with Crippen LogP contribution in [-0.2, 0) is 24.8 Å². The SMILES string of the molecule is CCc1nn(C)c(CNCCCCCOC)c1Cl. The number of halogens is 1. The largest absolute Gasteiger partial charge is 0.385 e. The Morgan fingerprint density at radius 3 is 2.72 bits per heavy atom. The zero-order chi connectivity index (χ0) is 13.4. The first-order valence-electron chi connectivity index (χ1n) is 6.60. The molecule has 4 nitrogen and oxygen atoms in total. The average molecular weight is 274 g/mol. The summed E-state index contributed by atoms with van der Waals surface area (Å²) in [5.41, 5.74) is 2.06. The maximum Gasteiger partial charge on any atom is 0.0863 e. The van der Waals surface area contributed by atoms with Crippen molar-refractivity contribution in [1.82, 2.24) is 15.1 Å². The predicted octanol–water partition coefficient (Wildman–Crippen LogP) is 2.54. The van der Waals surface area contributed by atoms with E-state index in [1.165, 1.54) is 12.8 Å². The van der Waals surface area contributed by atoms with E-state index in [1.54, 1.807) is 7.11 Å². The quantitative estimate of drug-likeness (QED) is 0.703. The van der Waals surface area contributed by atoms with Crippen LogP contribution in [0.5, 0.6) is 0 Å². The van der Waals surface area contributed by atoms with E-state index in [1.807, 2.05) is 11.7 Å². The topological polar surface area (TPSA) is 39.1 Å². The fourth-order valence-corrected chi connectivity index (χ4v) is 2.25. The molecule has 0 atom stereocenters. The third kappa shape index (κ3) is 4.59. The fraction of sp³-hybridized carbons (Fsp3) is 0.769. The molecule has 1 heterocycles. The Hall–Kier alpha value is -0.580. The number of rotatable bonds is 9. The molecule has 0 bridgehead atoms. The lowest BCUT2D eigenvalue weighted by molar-refractivity contribution is 0.192. The Morgan fingerprint density at radius 2 is 2.11 bits per heavy atom. The predicted molar refractivity (Wildman–Crippen MR) is 75.0 cm³/mol. The first-order chi connectivity index (χ1) is 8.70. The van der Waals surface area contributed by atoms with Crippen LogP contribution in [0.4, 0.5) is 0 Å². The number of aromatic nitrogens is 2. The van der Waals surface area contributed by atoms with Crippen LogP contribution in [0.15, 0.2) is 0 Å². The van der Waals surface area contributed by atoms with E-state index < -0.39 is 0 Å². The highest BCUT2D eigenvalue weighted by Gasteiger charge is 2.11. The molecule has 0 aliphatic carbocycles. The molecule has 0 fully saturated rings. The van der Waals surface area contributed by atoms with E-state index in [2.05, 4.69) is 17.3 Å². The fourth-order valence-electron chi connectivity index (χ4n) is 1.89. The van der Waals surface area contributed by atoms with E-state index in [4.69, 9.17) is 16.3 Å². The molecule has 0 unspecified atom stereocenters. The molecule has 0 saturated heterocycles. The lowest BCUT2D eigenvalue weighted by Crippen LogP contribution is -2.17. The number of aryl methyl sites for hydroxylation is 2. The zero-order valence-corrected chi connectivity index (χ0v) is 12.4. The van der Waals surface area contributed by atoms with Crippen LogP contribution < -0.4 is 5.32 Å². The van der Waals surface area contributed by atoms with E-state index in [9.17, 15) is 0 Å². The van der Waals surface area contributed by atoms with Crippen LogP contribution in [0.2, 0.25) is 5.02 Å². The number of nitrogens with zero attached hydrogens (tertiary/aromatic N) is 2. The van der Waals surface area contributed by atoms with E-state index in [-0.39, 0.29) is 0 Å². The summed E-state index contributed by atoms with van der Waals surface area (Å²) in [4.78, 5) is 0. The van der Waals surface area contributed by atoms with Gasteiger partial charge in [0.2, 0.25) is 0 Å². The van der Waals surface area contributed by atoms with Gasteiger partial charge < -0.3 is 10.1 Å². The number of hydrogen-bond donors (Lipinski definition) is 1. The van der Waals surface area contributed by atoms with E-state index >= 15 is 0 Å². The summed E-state index contributed by atoms with van der Waals surface area (Å²) in [5.74, 6) is 0. The summed E-state index contributed by atoms with van der Waals surface area (Å²) < 4.78 is 6.89. The van der Waals surface area contributed by atoms with Gasteiger partial charge in [-0.1, -0.05) is 18.5 Å². The number of methoxy groups -OCH3 is 1. The average Bonchev–Trinajstić information content (AvgIpc) is 2.64. The Bertz CT molecular complexity index is 352. The zero-order valence-electron chi connectivity index (χ0n) is 11.6. The summed E-state index contributed by atoms with van der Waals surface area (Å²) >= 11 is 6.27. The molecule has 0 aliphatic heterocycles. The second kappa shape index (κ2) is 8.51. The monoisotopic (exact) mass is 273 g/mol. The van der Waals surface area contributed by atoms with Gasteiger partial charge in [0, 0.05) is 27.3 Å². The van der Waals surface area contributed by atoms with Gasteiger partial charge in [0.15, 0.2) is 0 Å². The second-order valence-corrected chi connectivity index (χ2v) is 4.79. The first-order valence-corrected chi connectivity index (χ1v) is 6.98. The number of hydrogen-bond acceptors (Lipinski definition) is 3. The van der Waals surface area contributed by atoms with Crippen molar-refractivity contribution < 1.29 is 4.74 Å². The van der Waals surface area contributed by atoms with Crippen molar-refractivity contribution in [2.75, 3.05) is 20.3 Å². The Kier molecular flexibility index (Phi) is 7.32. The van der Waals surface area contributed by atoms with Gasteiger partial charge in [0.05, 0.1) is 16.4 Å². The maximum atomic E-state index is 6.27. The van der Waals surface area contributed by atoms with Gasteiger partial charge in [-0.3, -0.25) is 4.68 Å². The van der Waals surface area contributed by atoms with Crippen LogP contribution in [0, 0.1) is 0 Å². The van der Waals surface area contributed by atoms with Crippen molar-refractivity contribution in [1.29, 1.82) is 0 Å². The van der Waals surface area contributed by atoms with Crippen LogP contribution in [0.3, 0.4) is 0 Å². The molecule has 18 heavy (non-hydrogen) atoms. The van der Waals surface area contributed by atoms with Gasteiger partial charge in [-0.15, -0.1) is 0 Å². The van der Waals surface area contributed by atoms with Crippen molar-refractivity contribution in [3.8, 4) is 0 Å². The molecular formula is C13H24ClN3O. The molecule has 0 saturated carbocycles. The molecule has 104 valence electrons. The van der Waals surface area contributed by atoms with Crippen molar-refractivity contribution >= 4 is 11.6 Å². The van der Waals surface area contributed by atoms with Gasteiger partial charge in [0.25, 0.3) is 0 Å². The number of nitrogens with one attached hydrogen (secondary N) is 1. The van der Waals surface area contributed by atoms with Crippen molar-refractivity contribution in [3.63, 3.8) is 0 Å². The molecule has 1 aromatic heterocycles. The third-order valence-corrected chi connectivity index (χ3v) is 3.43. The third-order valence-electron chi connectivity index (χ3n) is 3.00. The molecule has 1 rings (SSSR count). The van der Waals surface area contributed by atoms with E-state index in [0.29, 0.717) is 0 Å². The van der Waals surface area contributed by atoms with Gasteiger partial charge in [-0.2, -0.15) is 5.10 Å². The lowest BCUT2D eigenvalue weighted by Gasteiger charge is -2.05. The molecule has 0 amide bonds. The van der Waals surface area contributed by atoms with Gasteiger partial charge in [0.1, 0.15) is 0 Å².